The molecule has 1 aromatic heterocycles. The van der Waals surface area contributed by atoms with Gasteiger partial charge in [-0.25, -0.2) is 9.37 Å². The highest BCUT2D eigenvalue weighted by Gasteiger charge is 2.12. The van der Waals surface area contributed by atoms with E-state index >= 15 is 0 Å². The van der Waals surface area contributed by atoms with Gasteiger partial charge in [-0.1, -0.05) is 25.1 Å². The Hall–Kier alpha value is -1.26. The van der Waals surface area contributed by atoms with Gasteiger partial charge in [-0.2, -0.15) is 0 Å². The van der Waals surface area contributed by atoms with Crippen LogP contribution in [0.15, 0.2) is 35.2 Å². The van der Waals surface area contributed by atoms with Gasteiger partial charge in [0, 0.05) is 30.0 Å². The van der Waals surface area contributed by atoms with Gasteiger partial charge in [0.05, 0.1) is 11.2 Å². The molecular weight excluding hydrogens is 247 g/mol. The van der Waals surface area contributed by atoms with Gasteiger partial charge in [-0.15, -0.1) is 11.3 Å². The van der Waals surface area contributed by atoms with Gasteiger partial charge < -0.3 is 5.32 Å². The fourth-order valence-electron chi connectivity index (χ4n) is 1.97. The van der Waals surface area contributed by atoms with Crippen molar-refractivity contribution in [3.8, 4) is 0 Å². The molecule has 0 bridgehead atoms. The van der Waals surface area contributed by atoms with Crippen LogP contribution in [-0.4, -0.2) is 11.5 Å². The number of thiazole rings is 1. The lowest BCUT2D eigenvalue weighted by atomic mass is 10.0. The van der Waals surface area contributed by atoms with E-state index in [0.29, 0.717) is 0 Å². The van der Waals surface area contributed by atoms with Crippen LogP contribution in [0.1, 0.15) is 30.6 Å². The molecule has 0 radical (unpaired) electrons. The summed E-state index contributed by atoms with van der Waals surface area (Å²) in [6.45, 7) is 2.88. The van der Waals surface area contributed by atoms with Crippen LogP contribution >= 0.6 is 11.3 Å². The molecular formula is C14H17FN2S. The Bertz CT molecular complexity index is 470. The lowest BCUT2D eigenvalue weighted by molar-refractivity contribution is 0.490. The molecule has 1 N–H and O–H groups in total. The summed E-state index contributed by atoms with van der Waals surface area (Å²) in [6, 6.07) is 7.04. The van der Waals surface area contributed by atoms with Crippen molar-refractivity contribution in [1.29, 1.82) is 0 Å². The predicted molar refractivity (Wildman–Crippen MR) is 73.3 cm³/mol. The quantitative estimate of drug-likeness (QED) is 0.863. The molecule has 4 heteroatoms. The first-order valence-corrected chi connectivity index (χ1v) is 7.10. The van der Waals surface area contributed by atoms with Crippen LogP contribution in [0.25, 0.3) is 0 Å². The number of benzene rings is 1. The van der Waals surface area contributed by atoms with E-state index in [0.717, 1.165) is 30.6 Å². The Morgan fingerprint density at radius 1 is 1.39 bits per heavy atom. The second kappa shape index (κ2) is 6.61. The van der Waals surface area contributed by atoms with Crippen LogP contribution in [0.2, 0.25) is 0 Å². The number of hydrogen-bond donors (Lipinski definition) is 1. The summed E-state index contributed by atoms with van der Waals surface area (Å²) in [5, 5.41) is 5.44. The molecule has 2 rings (SSSR count). The average molecular weight is 264 g/mol. The number of aromatic nitrogens is 1. The molecule has 0 amide bonds. The maximum Gasteiger partial charge on any atom is 0.127 e. The van der Waals surface area contributed by atoms with Crippen LogP contribution in [-0.2, 0) is 6.42 Å². The second-order valence-corrected chi connectivity index (χ2v) is 4.88. The van der Waals surface area contributed by atoms with Crippen LogP contribution < -0.4 is 5.32 Å². The maximum atomic E-state index is 13.7. The lowest BCUT2D eigenvalue weighted by Gasteiger charge is -2.17. The molecule has 0 aliphatic heterocycles. The fraction of sp³-hybridized carbons (Fsp3) is 0.357. The van der Waals surface area contributed by atoms with Crippen molar-refractivity contribution >= 4 is 11.3 Å². The van der Waals surface area contributed by atoms with Crippen molar-refractivity contribution in [1.82, 2.24) is 10.3 Å². The monoisotopic (exact) mass is 264 g/mol. The summed E-state index contributed by atoms with van der Waals surface area (Å²) in [5.41, 5.74) is 3.68. The molecule has 0 fully saturated rings. The zero-order valence-electron chi connectivity index (χ0n) is 10.4. The smallest absolute Gasteiger partial charge is 0.127 e. The third-order valence-electron chi connectivity index (χ3n) is 2.94. The molecule has 0 saturated heterocycles. The van der Waals surface area contributed by atoms with E-state index in [-0.39, 0.29) is 11.9 Å². The average Bonchev–Trinajstić information content (AvgIpc) is 2.89. The summed E-state index contributed by atoms with van der Waals surface area (Å²) in [6.07, 6.45) is 1.76. The van der Waals surface area contributed by atoms with Gasteiger partial charge in [0.25, 0.3) is 0 Å². The lowest BCUT2D eigenvalue weighted by Crippen LogP contribution is -2.24. The van der Waals surface area contributed by atoms with Gasteiger partial charge in [0.15, 0.2) is 0 Å². The third kappa shape index (κ3) is 3.37. The summed E-state index contributed by atoms with van der Waals surface area (Å²) >= 11 is 1.60. The Balaban J connectivity index is 1.91. The molecule has 2 aromatic rings. The Morgan fingerprint density at radius 3 is 2.89 bits per heavy atom. The molecule has 0 spiro atoms. The molecule has 1 unspecified atom stereocenters. The molecule has 1 heterocycles. The van der Waals surface area contributed by atoms with E-state index in [1.54, 1.807) is 17.4 Å². The molecule has 1 aromatic carbocycles. The topological polar surface area (TPSA) is 24.9 Å². The Labute approximate surface area is 111 Å². The Morgan fingerprint density at radius 2 is 2.22 bits per heavy atom. The van der Waals surface area contributed by atoms with Gasteiger partial charge in [-0.3, -0.25) is 0 Å². The van der Waals surface area contributed by atoms with Crippen LogP contribution in [0.4, 0.5) is 4.39 Å². The molecule has 0 aliphatic carbocycles. The zero-order chi connectivity index (χ0) is 12.8. The minimum atomic E-state index is -0.134. The zero-order valence-corrected chi connectivity index (χ0v) is 11.2. The molecule has 0 aliphatic rings. The molecule has 18 heavy (non-hydrogen) atoms. The minimum Gasteiger partial charge on any atom is -0.309 e. The predicted octanol–water partition coefficient (Wildman–Crippen LogP) is 3.57. The van der Waals surface area contributed by atoms with E-state index in [2.05, 4.69) is 17.2 Å². The first kappa shape index (κ1) is 13.2. The molecule has 2 nitrogen and oxygen atoms in total. The summed E-state index contributed by atoms with van der Waals surface area (Å²) < 4.78 is 13.7. The van der Waals surface area contributed by atoms with Crippen molar-refractivity contribution in [3.63, 3.8) is 0 Å². The van der Waals surface area contributed by atoms with Crippen LogP contribution in [0.3, 0.4) is 0 Å². The van der Waals surface area contributed by atoms with E-state index < -0.39 is 0 Å². The van der Waals surface area contributed by atoms with Crippen molar-refractivity contribution in [2.24, 2.45) is 0 Å². The molecule has 1 atom stereocenters. The van der Waals surface area contributed by atoms with E-state index in [1.165, 1.54) is 6.07 Å². The molecule has 96 valence electrons. The summed E-state index contributed by atoms with van der Waals surface area (Å²) in [7, 11) is 0. The van der Waals surface area contributed by atoms with Crippen molar-refractivity contribution in [2.75, 3.05) is 6.54 Å². The highest BCUT2D eigenvalue weighted by molar-refractivity contribution is 7.07. The first-order valence-electron chi connectivity index (χ1n) is 6.16. The van der Waals surface area contributed by atoms with Crippen molar-refractivity contribution in [2.45, 2.75) is 25.8 Å². The highest BCUT2D eigenvalue weighted by Crippen LogP contribution is 2.19. The van der Waals surface area contributed by atoms with E-state index in [1.807, 2.05) is 23.0 Å². The number of rotatable bonds is 6. The van der Waals surface area contributed by atoms with E-state index in [4.69, 9.17) is 0 Å². The van der Waals surface area contributed by atoms with Crippen molar-refractivity contribution < 1.29 is 4.39 Å². The van der Waals surface area contributed by atoms with E-state index in [9.17, 15) is 4.39 Å². The normalized spacial score (nSPS) is 12.6. The van der Waals surface area contributed by atoms with Gasteiger partial charge in [0.2, 0.25) is 0 Å². The van der Waals surface area contributed by atoms with Crippen LogP contribution in [0.5, 0.6) is 0 Å². The second-order valence-electron chi connectivity index (χ2n) is 4.17. The van der Waals surface area contributed by atoms with Crippen LogP contribution in [0, 0.1) is 5.82 Å². The maximum absolute atomic E-state index is 13.7. The van der Waals surface area contributed by atoms with Gasteiger partial charge >= 0.3 is 0 Å². The minimum absolute atomic E-state index is 0.0739. The fourth-order valence-corrected chi connectivity index (χ4v) is 2.56. The van der Waals surface area contributed by atoms with Gasteiger partial charge in [0.1, 0.15) is 5.82 Å². The van der Waals surface area contributed by atoms with Crippen molar-refractivity contribution in [3.05, 3.63) is 52.2 Å². The first-order chi connectivity index (χ1) is 8.81. The number of halogens is 1. The number of nitrogens with one attached hydrogen (secondary N) is 1. The summed E-state index contributed by atoms with van der Waals surface area (Å²) in [4.78, 5) is 4.23. The highest BCUT2D eigenvalue weighted by atomic mass is 32.1. The summed E-state index contributed by atoms with van der Waals surface area (Å²) in [5.74, 6) is -0.134. The Kier molecular flexibility index (Phi) is 4.84. The number of nitrogens with zero attached hydrogens (tertiary/aromatic N) is 1. The molecule has 0 saturated carbocycles. The SMILES string of the molecule is CCC(NCCc1cscn1)c1ccccc1F. The van der Waals surface area contributed by atoms with Gasteiger partial charge in [-0.05, 0) is 12.5 Å². The largest absolute Gasteiger partial charge is 0.309 e. The number of hydrogen-bond acceptors (Lipinski definition) is 3. The third-order valence-corrected chi connectivity index (χ3v) is 3.58. The standard InChI is InChI=1S/C14H17FN2S/c1-2-14(12-5-3-4-6-13(12)15)16-8-7-11-9-18-10-17-11/h3-6,9-10,14,16H,2,7-8H2,1H3.